The Bertz CT molecular complexity index is 751. The van der Waals surface area contributed by atoms with Gasteiger partial charge in [-0.05, 0) is 67.9 Å². The maximum atomic E-state index is 12.8. The van der Waals surface area contributed by atoms with Crippen LogP contribution in [-0.2, 0) is 14.8 Å². The Morgan fingerprint density at radius 3 is 2.12 bits per heavy atom. The monoisotopic (exact) mass is 360 g/mol. The molecule has 0 atom stereocenters. The Labute approximate surface area is 148 Å². The van der Waals surface area contributed by atoms with Gasteiger partial charge in [0.25, 0.3) is 10.0 Å². The van der Waals surface area contributed by atoms with E-state index in [0.29, 0.717) is 17.8 Å². The molecule has 0 spiro atoms. The third kappa shape index (κ3) is 3.51. The summed E-state index contributed by atoms with van der Waals surface area (Å²) in [5.41, 5.74) is 2.92. The van der Waals surface area contributed by atoms with Crippen LogP contribution in [0.3, 0.4) is 0 Å². The zero-order chi connectivity index (χ0) is 17.5. The maximum absolute atomic E-state index is 12.8. The summed E-state index contributed by atoms with van der Waals surface area (Å²) in [5.74, 6) is 1.79. The number of benzene rings is 1. The molecule has 0 radical (unpaired) electrons. The van der Waals surface area contributed by atoms with Gasteiger partial charge in [0.2, 0.25) is 5.91 Å². The number of amides is 1. The van der Waals surface area contributed by atoms with Crippen LogP contribution in [0.5, 0.6) is 0 Å². The minimum absolute atomic E-state index is 0.150. The number of carbonyl (C=O) groups excluding carboxylic acids is 1. The van der Waals surface area contributed by atoms with Crippen LogP contribution >= 0.6 is 0 Å². The van der Waals surface area contributed by atoms with Gasteiger partial charge in [-0.3, -0.25) is 10.2 Å². The molecule has 0 heterocycles. The Kier molecular flexibility index (Phi) is 4.20. The molecule has 4 aliphatic carbocycles. The second-order valence-electron chi connectivity index (χ2n) is 8.01. The van der Waals surface area contributed by atoms with Crippen LogP contribution in [0.1, 0.15) is 44.1 Å². The van der Waals surface area contributed by atoms with Crippen LogP contribution in [0.2, 0.25) is 0 Å². The largest absolute Gasteiger partial charge is 0.277 e. The molecule has 6 heteroatoms. The van der Waals surface area contributed by atoms with Crippen molar-refractivity contribution in [1.82, 2.24) is 10.3 Å². The number of hydrazine groups is 1. The van der Waals surface area contributed by atoms with Gasteiger partial charge in [0, 0.05) is 5.41 Å². The lowest BCUT2D eigenvalue weighted by molar-refractivity contribution is -0.146. The average Bonchev–Trinajstić information content (AvgIpc) is 2.58. The molecule has 1 aromatic rings. The third-order valence-corrected chi connectivity index (χ3v) is 6.95. The summed E-state index contributed by atoms with van der Waals surface area (Å²) in [6, 6.07) is 9.19. The highest BCUT2D eigenvalue weighted by molar-refractivity contribution is 7.92. The van der Waals surface area contributed by atoms with Crippen LogP contribution in [-0.4, -0.2) is 14.3 Å². The van der Waals surface area contributed by atoms with E-state index in [1.165, 1.54) is 25.3 Å². The summed E-state index contributed by atoms with van der Waals surface area (Å²) >= 11 is 0. The van der Waals surface area contributed by atoms with E-state index in [2.05, 4.69) is 10.3 Å². The molecule has 0 saturated heterocycles. The number of hydrogen-bond donors (Lipinski definition) is 2. The number of carbonyl (C=O) groups is 1. The number of sulfonamides is 1. The fourth-order valence-electron chi connectivity index (χ4n) is 5.41. The predicted octanol–water partition coefficient (Wildman–Crippen LogP) is 2.82. The molecule has 25 heavy (non-hydrogen) atoms. The second-order valence-corrected chi connectivity index (χ2v) is 9.58. The van der Waals surface area contributed by atoms with Gasteiger partial charge in [0.05, 0.1) is 5.41 Å². The molecule has 4 bridgehead atoms. The molecule has 0 aromatic heterocycles. The van der Waals surface area contributed by atoms with Crippen LogP contribution in [0, 0.1) is 23.2 Å². The van der Waals surface area contributed by atoms with Crippen molar-refractivity contribution in [3.8, 4) is 0 Å². The van der Waals surface area contributed by atoms with E-state index < -0.39 is 10.0 Å². The molecule has 1 amide bonds. The van der Waals surface area contributed by atoms with Gasteiger partial charge in [-0.2, -0.15) is 0 Å². The molecular weight excluding hydrogens is 336 g/mol. The normalized spacial score (nSPS) is 33.7. The van der Waals surface area contributed by atoms with Gasteiger partial charge in [-0.1, -0.05) is 30.3 Å². The summed E-state index contributed by atoms with van der Waals surface area (Å²) in [6.45, 7) is 0. The first-order valence-corrected chi connectivity index (χ1v) is 10.5. The van der Waals surface area contributed by atoms with E-state index in [0.717, 1.165) is 30.2 Å². The molecule has 1 aromatic carbocycles. The molecule has 4 saturated carbocycles. The first kappa shape index (κ1) is 16.8. The van der Waals surface area contributed by atoms with E-state index in [1.807, 2.05) is 30.3 Å². The Balaban J connectivity index is 1.39. The summed E-state index contributed by atoms with van der Waals surface area (Å²) in [4.78, 5) is 15.0. The van der Waals surface area contributed by atoms with Crippen LogP contribution in [0.4, 0.5) is 0 Å². The Morgan fingerprint density at radius 2 is 1.56 bits per heavy atom. The van der Waals surface area contributed by atoms with Crippen molar-refractivity contribution in [2.24, 2.45) is 23.2 Å². The van der Waals surface area contributed by atoms with Gasteiger partial charge in [0.1, 0.15) is 0 Å². The quantitative estimate of drug-likeness (QED) is 0.793. The van der Waals surface area contributed by atoms with Crippen molar-refractivity contribution >= 4 is 22.0 Å². The highest BCUT2D eigenvalue weighted by Crippen LogP contribution is 2.60. The lowest BCUT2D eigenvalue weighted by Crippen LogP contribution is -2.56. The first-order valence-electron chi connectivity index (χ1n) is 8.99. The SMILES string of the molecule is O=C(NNS(=O)(=O)C=Cc1ccccc1)C12CC3CC(CC(C3)C1)C2. The van der Waals surface area contributed by atoms with Crippen molar-refractivity contribution in [2.75, 3.05) is 0 Å². The highest BCUT2D eigenvalue weighted by atomic mass is 32.2. The Hall–Kier alpha value is -1.66. The van der Waals surface area contributed by atoms with Crippen molar-refractivity contribution in [3.63, 3.8) is 0 Å². The van der Waals surface area contributed by atoms with E-state index in [4.69, 9.17) is 0 Å². The zero-order valence-electron chi connectivity index (χ0n) is 14.1. The second kappa shape index (κ2) is 6.25. The third-order valence-electron chi connectivity index (χ3n) is 6.07. The fourth-order valence-corrected chi connectivity index (χ4v) is 6.04. The molecule has 0 unspecified atom stereocenters. The van der Waals surface area contributed by atoms with E-state index in [9.17, 15) is 13.2 Å². The summed E-state index contributed by atoms with van der Waals surface area (Å²) in [6.07, 6.45) is 7.98. The molecule has 2 N–H and O–H groups in total. The molecule has 134 valence electrons. The van der Waals surface area contributed by atoms with Gasteiger partial charge < -0.3 is 0 Å². The highest BCUT2D eigenvalue weighted by Gasteiger charge is 2.54. The van der Waals surface area contributed by atoms with Gasteiger partial charge in [-0.25, -0.2) is 8.42 Å². The van der Waals surface area contributed by atoms with Crippen molar-refractivity contribution in [2.45, 2.75) is 38.5 Å². The van der Waals surface area contributed by atoms with E-state index >= 15 is 0 Å². The minimum Gasteiger partial charge on any atom is -0.277 e. The smallest absolute Gasteiger partial charge is 0.250 e. The van der Waals surface area contributed by atoms with Crippen LogP contribution in [0.25, 0.3) is 6.08 Å². The van der Waals surface area contributed by atoms with Crippen LogP contribution in [0.15, 0.2) is 35.7 Å². The molecule has 0 aliphatic heterocycles. The maximum Gasteiger partial charge on any atom is 0.250 e. The average molecular weight is 360 g/mol. The summed E-state index contributed by atoms with van der Waals surface area (Å²) in [7, 11) is -3.71. The standard InChI is InChI=1S/C19H24N2O3S/c22-18(19-11-15-8-16(12-19)10-17(9-15)13-19)20-21-25(23,24)7-6-14-4-2-1-3-5-14/h1-7,15-17,21H,8-13H2,(H,20,22). The number of rotatable bonds is 5. The molecule has 5 nitrogen and oxygen atoms in total. The number of hydrogen-bond acceptors (Lipinski definition) is 3. The fraction of sp³-hybridized carbons (Fsp3) is 0.526. The van der Waals surface area contributed by atoms with Gasteiger partial charge >= 0.3 is 0 Å². The Morgan fingerprint density at radius 1 is 1.00 bits per heavy atom. The van der Waals surface area contributed by atoms with E-state index in [1.54, 1.807) is 0 Å². The van der Waals surface area contributed by atoms with Gasteiger partial charge in [-0.15, -0.1) is 4.83 Å². The minimum atomic E-state index is -3.71. The van der Waals surface area contributed by atoms with Crippen molar-refractivity contribution < 1.29 is 13.2 Å². The molecular formula is C19H24N2O3S. The van der Waals surface area contributed by atoms with E-state index in [-0.39, 0.29) is 11.3 Å². The molecule has 4 aliphatic rings. The van der Waals surface area contributed by atoms with Gasteiger partial charge in [0.15, 0.2) is 0 Å². The lowest BCUT2D eigenvalue weighted by Gasteiger charge is -2.55. The van der Waals surface area contributed by atoms with Crippen molar-refractivity contribution in [3.05, 3.63) is 41.3 Å². The topological polar surface area (TPSA) is 75.3 Å². The van der Waals surface area contributed by atoms with Crippen LogP contribution < -0.4 is 10.3 Å². The summed E-state index contributed by atoms with van der Waals surface area (Å²) in [5, 5.41) is 1.09. The summed E-state index contributed by atoms with van der Waals surface area (Å²) < 4.78 is 24.2. The molecule has 4 fully saturated rings. The first-order chi connectivity index (χ1) is 11.9. The van der Waals surface area contributed by atoms with Crippen molar-refractivity contribution in [1.29, 1.82) is 0 Å². The zero-order valence-corrected chi connectivity index (χ0v) is 15.0. The molecule has 5 rings (SSSR count). The lowest BCUT2D eigenvalue weighted by atomic mass is 9.49. The number of nitrogens with one attached hydrogen (secondary N) is 2. The predicted molar refractivity (Wildman–Crippen MR) is 96.3 cm³/mol.